The smallest absolute Gasteiger partial charge is 0.357 e. The van der Waals surface area contributed by atoms with E-state index in [1.807, 2.05) is 12.1 Å². The number of hydrogen-bond acceptors (Lipinski definition) is 5. The highest BCUT2D eigenvalue weighted by atomic mass is 19.4. The number of alkyl halides is 3. The molecule has 33 heavy (non-hydrogen) atoms. The lowest BCUT2D eigenvalue weighted by molar-refractivity contribution is -0.133. The van der Waals surface area contributed by atoms with Gasteiger partial charge in [-0.2, -0.15) is 18.3 Å². The van der Waals surface area contributed by atoms with Gasteiger partial charge in [0.05, 0.1) is 18.3 Å². The van der Waals surface area contributed by atoms with E-state index in [2.05, 4.69) is 20.7 Å². The van der Waals surface area contributed by atoms with E-state index in [1.165, 1.54) is 17.1 Å². The fourth-order valence-corrected chi connectivity index (χ4v) is 3.61. The summed E-state index contributed by atoms with van der Waals surface area (Å²) in [4.78, 5) is 29.8. The van der Waals surface area contributed by atoms with Gasteiger partial charge in [0.2, 0.25) is 0 Å². The molecule has 2 aromatic heterocycles. The predicted molar refractivity (Wildman–Crippen MR) is 114 cm³/mol. The summed E-state index contributed by atoms with van der Waals surface area (Å²) in [6, 6.07) is 8.97. The molecular formula is C22H22F3N5O3. The highest BCUT2D eigenvalue weighted by Gasteiger charge is 2.28. The predicted octanol–water partition coefficient (Wildman–Crippen LogP) is 4.06. The van der Waals surface area contributed by atoms with Crippen LogP contribution in [0.1, 0.15) is 52.9 Å². The SMILES string of the molecule is O=C(NCCC(F)(F)F)c1nn(C2CCCCO2)cc1NC(=O)c1nccc2ccccc12. The number of benzene rings is 1. The minimum atomic E-state index is -4.40. The van der Waals surface area contributed by atoms with Crippen molar-refractivity contribution in [1.82, 2.24) is 20.1 Å². The van der Waals surface area contributed by atoms with E-state index in [0.29, 0.717) is 18.4 Å². The first-order chi connectivity index (χ1) is 15.8. The zero-order valence-electron chi connectivity index (χ0n) is 17.6. The summed E-state index contributed by atoms with van der Waals surface area (Å²) in [5.41, 5.74) is 0.0200. The Balaban J connectivity index is 1.60. The Hall–Kier alpha value is -3.47. The first kappa shape index (κ1) is 22.7. The summed E-state index contributed by atoms with van der Waals surface area (Å²) in [6.45, 7) is -0.0767. The Morgan fingerprint density at radius 1 is 1.12 bits per heavy atom. The van der Waals surface area contributed by atoms with Crippen LogP contribution in [-0.2, 0) is 4.74 Å². The molecule has 1 aliphatic heterocycles. The van der Waals surface area contributed by atoms with E-state index in [0.717, 1.165) is 18.2 Å². The average Bonchev–Trinajstić information content (AvgIpc) is 3.22. The number of carbonyl (C=O) groups excluding carboxylic acids is 2. The largest absolute Gasteiger partial charge is 0.390 e. The van der Waals surface area contributed by atoms with Crippen molar-refractivity contribution in [3.63, 3.8) is 0 Å². The maximum absolute atomic E-state index is 13.0. The third kappa shape index (κ3) is 5.48. The number of ether oxygens (including phenoxy) is 1. The van der Waals surface area contributed by atoms with Crippen molar-refractivity contribution >= 4 is 28.3 Å². The molecule has 3 heterocycles. The van der Waals surface area contributed by atoms with E-state index in [4.69, 9.17) is 4.74 Å². The van der Waals surface area contributed by atoms with Crippen molar-refractivity contribution in [2.24, 2.45) is 0 Å². The monoisotopic (exact) mass is 461 g/mol. The summed E-state index contributed by atoms with van der Waals surface area (Å²) in [6.07, 6.45) is -0.583. The molecule has 0 bridgehead atoms. The van der Waals surface area contributed by atoms with Crippen molar-refractivity contribution in [3.05, 3.63) is 54.1 Å². The number of carbonyl (C=O) groups is 2. The Morgan fingerprint density at radius 2 is 1.94 bits per heavy atom. The Bertz CT molecular complexity index is 1150. The summed E-state index contributed by atoms with van der Waals surface area (Å²) >= 11 is 0. The Kier molecular flexibility index (Phi) is 6.59. The second-order valence-corrected chi connectivity index (χ2v) is 7.65. The first-order valence-electron chi connectivity index (χ1n) is 10.5. The van der Waals surface area contributed by atoms with Crippen LogP contribution in [0.25, 0.3) is 10.8 Å². The van der Waals surface area contributed by atoms with Crippen molar-refractivity contribution in [3.8, 4) is 0 Å². The van der Waals surface area contributed by atoms with Gasteiger partial charge < -0.3 is 15.4 Å². The topological polar surface area (TPSA) is 98.1 Å². The zero-order chi connectivity index (χ0) is 23.4. The number of rotatable bonds is 6. The second-order valence-electron chi connectivity index (χ2n) is 7.65. The number of fused-ring (bicyclic) bond motifs is 1. The molecule has 1 fully saturated rings. The summed E-state index contributed by atoms with van der Waals surface area (Å²) in [5, 5.41) is 10.5. The number of halogens is 3. The van der Waals surface area contributed by atoms with E-state index >= 15 is 0 Å². The molecule has 0 aliphatic carbocycles. The van der Waals surface area contributed by atoms with Crippen LogP contribution in [-0.4, -0.2) is 45.9 Å². The van der Waals surface area contributed by atoms with Crippen LogP contribution in [0.2, 0.25) is 0 Å². The molecule has 0 radical (unpaired) electrons. The van der Waals surface area contributed by atoms with Gasteiger partial charge in [0.1, 0.15) is 11.9 Å². The minimum absolute atomic E-state index is 0.0633. The number of pyridine rings is 1. The van der Waals surface area contributed by atoms with Crippen LogP contribution in [0.4, 0.5) is 18.9 Å². The van der Waals surface area contributed by atoms with Crippen molar-refractivity contribution in [2.45, 2.75) is 38.1 Å². The second kappa shape index (κ2) is 9.57. The van der Waals surface area contributed by atoms with Gasteiger partial charge in [0.15, 0.2) is 5.69 Å². The zero-order valence-corrected chi connectivity index (χ0v) is 17.6. The lowest BCUT2D eigenvalue weighted by Gasteiger charge is -2.22. The van der Waals surface area contributed by atoms with Gasteiger partial charge in [0, 0.05) is 24.7 Å². The van der Waals surface area contributed by atoms with Crippen LogP contribution >= 0.6 is 0 Å². The van der Waals surface area contributed by atoms with Gasteiger partial charge in [-0.3, -0.25) is 14.6 Å². The van der Waals surface area contributed by atoms with E-state index in [1.54, 1.807) is 18.2 Å². The summed E-state index contributed by atoms with van der Waals surface area (Å²) in [7, 11) is 0. The molecule has 0 saturated carbocycles. The maximum Gasteiger partial charge on any atom is 0.390 e. The van der Waals surface area contributed by atoms with Crippen LogP contribution < -0.4 is 10.6 Å². The van der Waals surface area contributed by atoms with Gasteiger partial charge in [-0.1, -0.05) is 24.3 Å². The maximum atomic E-state index is 13.0. The molecule has 1 aromatic carbocycles. The molecule has 2 N–H and O–H groups in total. The minimum Gasteiger partial charge on any atom is -0.357 e. The molecular weight excluding hydrogens is 439 g/mol. The Labute approximate surface area is 187 Å². The third-order valence-corrected chi connectivity index (χ3v) is 5.23. The van der Waals surface area contributed by atoms with E-state index < -0.39 is 37.2 Å². The van der Waals surface area contributed by atoms with Crippen molar-refractivity contribution in [2.75, 3.05) is 18.5 Å². The number of nitrogens with zero attached hydrogens (tertiary/aromatic N) is 3. The average molecular weight is 461 g/mol. The summed E-state index contributed by atoms with van der Waals surface area (Å²) < 4.78 is 44.5. The van der Waals surface area contributed by atoms with E-state index in [9.17, 15) is 22.8 Å². The number of amides is 2. The first-order valence-corrected chi connectivity index (χ1v) is 10.5. The Morgan fingerprint density at radius 3 is 2.70 bits per heavy atom. The van der Waals surface area contributed by atoms with Gasteiger partial charge >= 0.3 is 6.18 Å². The normalized spacial score (nSPS) is 16.5. The lowest BCUT2D eigenvalue weighted by atomic mass is 10.1. The molecule has 3 aromatic rings. The summed E-state index contributed by atoms with van der Waals surface area (Å²) in [5.74, 6) is -1.39. The molecule has 1 aliphatic rings. The van der Waals surface area contributed by atoms with Gasteiger partial charge in [-0.25, -0.2) is 4.68 Å². The standard InChI is InChI=1S/C22H22F3N5O3/c23-22(24,25)9-11-27-20(31)19-16(13-30(29-19)17-7-3-4-12-33-17)28-21(32)18-15-6-2-1-5-14(15)8-10-26-18/h1-2,5-6,8,10,13,17H,3-4,7,9,11-12H2,(H,27,31)(H,28,32). The molecule has 1 saturated heterocycles. The molecule has 1 atom stereocenters. The number of aromatic nitrogens is 3. The van der Waals surface area contributed by atoms with E-state index in [-0.39, 0.29) is 17.1 Å². The van der Waals surface area contributed by atoms with Gasteiger partial charge in [-0.05, 0) is 30.7 Å². The molecule has 2 amide bonds. The molecule has 8 nitrogen and oxygen atoms in total. The highest BCUT2D eigenvalue weighted by molar-refractivity contribution is 6.13. The van der Waals surface area contributed by atoms with Crippen molar-refractivity contribution in [1.29, 1.82) is 0 Å². The van der Waals surface area contributed by atoms with Gasteiger partial charge in [0.25, 0.3) is 11.8 Å². The molecule has 174 valence electrons. The van der Waals surface area contributed by atoms with Crippen LogP contribution in [0, 0.1) is 0 Å². The van der Waals surface area contributed by atoms with Crippen LogP contribution in [0.15, 0.2) is 42.7 Å². The molecule has 0 spiro atoms. The fraction of sp³-hybridized carbons (Fsp3) is 0.364. The number of hydrogen-bond donors (Lipinski definition) is 2. The highest BCUT2D eigenvalue weighted by Crippen LogP contribution is 2.26. The fourth-order valence-electron chi connectivity index (χ4n) is 3.61. The van der Waals surface area contributed by atoms with Crippen molar-refractivity contribution < 1.29 is 27.5 Å². The van der Waals surface area contributed by atoms with Crippen LogP contribution in [0.3, 0.4) is 0 Å². The quantitative estimate of drug-likeness (QED) is 0.577. The lowest BCUT2D eigenvalue weighted by Crippen LogP contribution is -2.29. The molecule has 11 heteroatoms. The molecule has 1 unspecified atom stereocenters. The third-order valence-electron chi connectivity index (χ3n) is 5.23. The van der Waals surface area contributed by atoms with Gasteiger partial charge in [-0.15, -0.1) is 0 Å². The van der Waals surface area contributed by atoms with Crippen LogP contribution in [0.5, 0.6) is 0 Å². The number of nitrogens with one attached hydrogen (secondary N) is 2. The molecule has 4 rings (SSSR count). The number of anilines is 1.